The van der Waals surface area contributed by atoms with Gasteiger partial charge in [0.1, 0.15) is 0 Å². The molecular weight excluding hydrogens is 302 g/mol. The van der Waals surface area contributed by atoms with Gasteiger partial charge < -0.3 is 4.74 Å². The predicted octanol–water partition coefficient (Wildman–Crippen LogP) is 2.21. The van der Waals surface area contributed by atoms with Crippen LogP contribution < -0.4 is 4.72 Å². The standard InChI is InChI=1S/C13H18ClNO4S/c1-10(2)9-19-7-6-13(16)15-20(17,18)12-5-3-4-11(14)8-12/h3-5,8,10H,6-7,9H2,1-2H3,(H,15,16). The molecule has 0 aliphatic heterocycles. The van der Waals surface area contributed by atoms with Crippen molar-refractivity contribution in [1.29, 1.82) is 0 Å². The third-order valence-corrected chi connectivity index (χ3v) is 3.89. The minimum absolute atomic E-state index is 0.00742. The molecule has 1 N–H and O–H groups in total. The Morgan fingerprint density at radius 2 is 2.10 bits per heavy atom. The summed E-state index contributed by atoms with van der Waals surface area (Å²) >= 11 is 5.72. The van der Waals surface area contributed by atoms with Gasteiger partial charge in [-0.25, -0.2) is 13.1 Å². The van der Waals surface area contributed by atoms with E-state index in [2.05, 4.69) is 0 Å². The van der Waals surface area contributed by atoms with Crippen LogP contribution >= 0.6 is 11.6 Å². The van der Waals surface area contributed by atoms with Gasteiger partial charge in [0.05, 0.1) is 17.9 Å². The fraction of sp³-hybridized carbons (Fsp3) is 0.462. The van der Waals surface area contributed by atoms with Crippen molar-refractivity contribution < 1.29 is 17.9 Å². The Kier molecular flexibility index (Phi) is 6.45. The summed E-state index contributed by atoms with van der Waals surface area (Å²) in [6, 6.07) is 5.72. The average molecular weight is 320 g/mol. The van der Waals surface area contributed by atoms with Gasteiger partial charge in [0, 0.05) is 11.6 Å². The molecule has 0 fully saturated rings. The van der Waals surface area contributed by atoms with E-state index < -0.39 is 15.9 Å². The van der Waals surface area contributed by atoms with E-state index in [4.69, 9.17) is 16.3 Å². The molecule has 0 saturated carbocycles. The number of benzene rings is 1. The molecule has 1 amide bonds. The van der Waals surface area contributed by atoms with Crippen LogP contribution in [0.25, 0.3) is 0 Å². The van der Waals surface area contributed by atoms with Crippen LogP contribution in [0.1, 0.15) is 20.3 Å². The van der Waals surface area contributed by atoms with Crippen LogP contribution in [0.5, 0.6) is 0 Å². The summed E-state index contributed by atoms with van der Waals surface area (Å²) in [6.45, 7) is 4.71. The van der Waals surface area contributed by atoms with E-state index in [0.717, 1.165) is 0 Å². The van der Waals surface area contributed by atoms with Gasteiger partial charge in [-0.15, -0.1) is 0 Å². The molecule has 0 aliphatic carbocycles. The SMILES string of the molecule is CC(C)COCCC(=O)NS(=O)(=O)c1cccc(Cl)c1. The highest BCUT2D eigenvalue weighted by Crippen LogP contribution is 2.15. The topological polar surface area (TPSA) is 72.5 Å². The molecule has 0 unspecified atom stereocenters. The molecule has 0 spiro atoms. The number of halogens is 1. The fourth-order valence-electron chi connectivity index (χ4n) is 1.38. The van der Waals surface area contributed by atoms with Gasteiger partial charge in [-0.05, 0) is 24.1 Å². The van der Waals surface area contributed by atoms with Crippen molar-refractivity contribution in [1.82, 2.24) is 4.72 Å². The monoisotopic (exact) mass is 319 g/mol. The highest BCUT2D eigenvalue weighted by molar-refractivity contribution is 7.90. The smallest absolute Gasteiger partial charge is 0.264 e. The summed E-state index contributed by atoms with van der Waals surface area (Å²) < 4.78 is 31.0. The van der Waals surface area contributed by atoms with Crippen molar-refractivity contribution in [2.45, 2.75) is 25.2 Å². The molecule has 5 nitrogen and oxygen atoms in total. The Morgan fingerprint density at radius 3 is 2.70 bits per heavy atom. The maximum absolute atomic E-state index is 11.9. The molecule has 7 heteroatoms. The largest absolute Gasteiger partial charge is 0.381 e. The second-order valence-electron chi connectivity index (χ2n) is 4.70. The number of hydrogen-bond donors (Lipinski definition) is 1. The summed E-state index contributed by atoms with van der Waals surface area (Å²) in [7, 11) is -3.88. The zero-order valence-corrected chi connectivity index (χ0v) is 13.0. The zero-order chi connectivity index (χ0) is 15.2. The second kappa shape index (κ2) is 7.61. The lowest BCUT2D eigenvalue weighted by atomic mass is 10.2. The number of carbonyl (C=O) groups is 1. The lowest BCUT2D eigenvalue weighted by molar-refractivity contribution is -0.120. The number of sulfonamides is 1. The first-order valence-corrected chi connectivity index (χ1v) is 8.06. The maximum Gasteiger partial charge on any atom is 0.264 e. The van der Waals surface area contributed by atoms with Crippen LogP contribution in [-0.2, 0) is 19.6 Å². The highest BCUT2D eigenvalue weighted by Gasteiger charge is 2.17. The van der Waals surface area contributed by atoms with Crippen molar-refractivity contribution in [3.8, 4) is 0 Å². The minimum atomic E-state index is -3.88. The normalized spacial score (nSPS) is 11.6. The second-order valence-corrected chi connectivity index (χ2v) is 6.82. The molecule has 0 heterocycles. The van der Waals surface area contributed by atoms with E-state index in [1.54, 1.807) is 6.07 Å². The number of amides is 1. The molecule has 0 saturated heterocycles. The Balaban J connectivity index is 2.52. The van der Waals surface area contributed by atoms with Crippen molar-refractivity contribution in [2.75, 3.05) is 13.2 Å². The van der Waals surface area contributed by atoms with Gasteiger partial charge in [-0.1, -0.05) is 31.5 Å². The quantitative estimate of drug-likeness (QED) is 0.782. The molecule has 0 aromatic heterocycles. The fourth-order valence-corrected chi connectivity index (χ4v) is 2.69. The molecule has 112 valence electrons. The van der Waals surface area contributed by atoms with Gasteiger partial charge in [0.25, 0.3) is 10.0 Å². The number of ether oxygens (including phenoxy) is 1. The maximum atomic E-state index is 11.9. The predicted molar refractivity (Wildman–Crippen MR) is 77.1 cm³/mol. The number of carbonyl (C=O) groups excluding carboxylic acids is 1. The van der Waals surface area contributed by atoms with E-state index in [-0.39, 0.29) is 17.9 Å². The lowest BCUT2D eigenvalue weighted by Gasteiger charge is -2.08. The van der Waals surface area contributed by atoms with Crippen LogP contribution in [0.2, 0.25) is 5.02 Å². The molecule has 0 atom stereocenters. The van der Waals surface area contributed by atoms with Crippen molar-refractivity contribution >= 4 is 27.5 Å². The molecule has 20 heavy (non-hydrogen) atoms. The Morgan fingerprint density at radius 1 is 1.40 bits per heavy atom. The summed E-state index contributed by atoms with van der Waals surface area (Å²) in [4.78, 5) is 11.5. The summed E-state index contributed by atoms with van der Waals surface area (Å²) in [6.07, 6.45) is -0.00742. The molecular formula is C13H18ClNO4S. The first-order chi connectivity index (χ1) is 9.31. The van der Waals surface area contributed by atoms with Crippen LogP contribution in [0, 0.1) is 5.92 Å². The van der Waals surface area contributed by atoms with Gasteiger partial charge in [-0.2, -0.15) is 0 Å². The highest BCUT2D eigenvalue weighted by atomic mass is 35.5. The van der Waals surface area contributed by atoms with Crippen LogP contribution in [0.4, 0.5) is 0 Å². The van der Waals surface area contributed by atoms with Crippen LogP contribution in [0.15, 0.2) is 29.2 Å². The van der Waals surface area contributed by atoms with Gasteiger partial charge >= 0.3 is 0 Å². The first kappa shape index (κ1) is 16.9. The lowest BCUT2D eigenvalue weighted by Crippen LogP contribution is -2.31. The zero-order valence-electron chi connectivity index (χ0n) is 11.4. The van der Waals surface area contributed by atoms with Crippen LogP contribution in [0.3, 0.4) is 0 Å². The Labute approximate surface area is 124 Å². The minimum Gasteiger partial charge on any atom is -0.381 e. The van der Waals surface area contributed by atoms with E-state index in [9.17, 15) is 13.2 Å². The number of nitrogens with one attached hydrogen (secondary N) is 1. The first-order valence-electron chi connectivity index (χ1n) is 6.20. The van der Waals surface area contributed by atoms with Crippen molar-refractivity contribution in [2.24, 2.45) is 5.92 Å². The van der Waals surface area contributed by atoms with E-state index in [1.165, 1.54) is 18.2 Å². The van der Waals surface area contributed by atoms with E-state index >= 15 is 0 Å². The van der Waals surface area contributed by atoms with Crippen molar-refractivity contribution in [3.63, 3.8) is 0 Å². The van der Waals surface area contributed by atoms with E-state index in [0.29, 0.717) is 17.5 Å². The number of rotatable bonds is 7. The van der Waals surface area contributed by atoms with Gasteiger partial charge in [0.15, 0.2) is 0 Å². The Bertz CT molecular complexity index is 557. The third kappa shape index (κ3) is 5.90. The summed E-state index contributed by atoms with van der Waals surface area (Å²) in [5.41, 5.74) is 0. The molecule has 0 radical (unpaired) electrons. The average Bonchev–Trinajstić information content (AvgIpc) is 2.34. The van der Waals surface area contributed by atoms with Gasteiger partial charge in [-0.3, -0.25) is 4.79 Å². The molecule has 1 aromatic rings. The summed E-state index contributed by atoms with van der Waals surface area (Å²) in [5, 5.41) is 0.292. The molecule has 1 aromatic carbocycles. The summed E-state index contributed by atoms with van der Waals surface area (Å²) in [5.74, 6) is -0.234. The molecule has 0 bridgehead atoms. The van der Waals surface area contributed by atoms with E-state index in [1.807, 2.05) is 18.6 Å². The number of hydrogen-bond acceptors (Lipinski definition) is 4. The molecule has 0 aliphatic rings. The third-order valence-electron chi connectivity index (χ3n) is 2.28. The van der Waals surface area contributed by atoms with Crippen LogP contribution in [-0.4, -0.2) is 27.5 Å². The van der Waals surface area contributed by atoms with Crippen molar-refractivity contribution in [3.05, 3.63) is 29.3 Å². The Hall–Kier alpha value is -1.11. The molecule has 1 rings (SSSR count). The van der Waals surface area contributed by atoms with Gasteiger partial charge in [0.2, 0.25) is 5.91 Å².